The van der Waals surface area contributed by atoms with Crippen LogP contribution in [0.2, 0.25) is 0 Å². The number of fused-ring (bicyclic) bond motifs is 2. The zero-order valence-electron chi connectivity index (χ0n) is 31.3. The normalized spacial score (nSPS) is 11.5. The van der Waals surface area contributed by atoms with E-state index in [2.05, 4.69) is 35.9 Å². The monoisotopic (exact) mass is 782 g/mol. The first-order chi connectivity index (χ1) is 27.4. The Hall–Kier alpha value is -5.32. The van der Waals surface area contributed by atoms with Crippen molar-refractivity contribution in [2.45, 2.75) is 45.4 Å². The number of rotatable bonds is 28. The number of unbranched alkanes of at least 4 members (excludes halogenated alkanes) is 1. The third kappa shape index (κ3) is 13.5. The first-order valence-electron chi connectivity index (χ1n) is 18.5. The topological polar surface area (TPSA) is 277 Å². The second kappa shape index (κ2) is 22.9. The van der Waals surface area contributed by atoms with E-state index < -0.39 is 0 Å². The number of nitrogens with two attached hydrogens (primary N) is 2. The van der Waals surface area contributed by atoms with Gasteiger partial charge in [0.1, 0.15) is 29.0 Å². The molecule has 0 aliphatic rings. The Morgan fingerprint density at radius 1 is 0.804 bits per heavy atom. The van der Waals surface area contributed by atoms with Crippen LogP contribution in [0.4, 0.5) is 11.8 Å². The van der Waals surface area contributed by atoms with E-state index in [1.807, 2.05) is 12.1 Å². The summed E-state index contributed by atoms with van der Waals surface area (Å²) in [5.41, 5.74) is 15.6. The number of oxazole rings is 1. The summed E-state index contributed by atoms with van der Waals surface area (Å²) in [4.78, 5) is 37.2. The molecule has 0 saturated carbocycles. The largest absolute Gasteiger partial charge is 0.424 e. The van der Waals surface area contributed by atoms with Crippen molar-refractivity contribution in [3.8, 4) is 11.3 Å². The predicted molar refractivity (Wildman–Crippen MR) is 202 cm³/mol. The SMILES string of the molecule is Nc1nc2cc(-c3nn(CCCCNC(=O)CCC(=O)NCCOCCOCCOCCOCCOCCn4cc(CO)nn4)c4ncnc(N)c34)ccc2o1. The maximum Gasteiger partial charge on any atom is 0.292 e. The van der Waals surface area contributed by atoms with Crippen molar-refractivity contribution >= 4 is 45.8 Å². The number of aliphatic hydroxyl groups is 1. The van der Waals surface area contributed by atoms with Crippen molar-refractivity contribution in [1.29, 1.82) is 0 Å². The van der Waals surface area contributed by atoms with Gasteiger partial charge in [0.15, 0.2) is 11.2 Å². The van der Waals surface area contributed by atoms with E-state index in [0.29, 0.717) is 144 Å². The fraction of sp³-hybridized carbons (Fsp3) is 0.543. The third-order valence-electron chi connectivity index (χ3n) is 8.20. The van der Waals surface area contributed by atoms with E-state index >= 15 is 0 Å². The number of aliphatic hydroxyl groups excluding tert-OH is 1. The van der Waals surface area contributed by atoms with Gasteiger partial charge in [0.05, 0.1) is 90.8 Å². The number of aryl methyl sites for hydroxylation is 1. The summed E-state index contributed by atoms with van der Waals surface area (Å²) in [5.74, 6) is -0.0940. The minimum Gasteiger partial charge on any atom is -0.424 e. The molecule has 0 aliphatic carbocycles. The standard InChI is InChI=1S/C35H50N12O9/c36-33-31-32(25-3-4-28-27(21-25)42-35(37)56-28)44-47(34(31)41-24-40-33)9-2-1-7-38-29(49)5-6-30(50)39-8-11-51-13-15-53-17-19-55-20-18-54-16-14-52-12-10-46-22-26(23-48)43-45-46/h3-4,21-22,24,48H,1-2,5-20,23H2,(H2,37,42)(H,38,49)(H,39,50)(H2,36,40,41). The molecular formula is C35H50N12O9. The Morgan fingerprint density at radius 2 is 1.46 bits per heavy atom. The van der Waals surface area contributed by atoms with Crippen LogP contribution in [-0.2, 0) is 53.0 Å². The van der Waals surface area contributed by atoms with E-state index in [1.165, 1.54) is 6.33 Å². The fourth-order valence-electron chi connectivity index (χ4n) is 5.42. The number of aromatic nitrogens is 8. The molecule has 21 heteroatoms. The molecule has 0 radical (unpaired) electrons. The van der Waals surface area contributed by atoms with Crippen LogP contribution in [0.3, 0.4) is 0 Å². The Bertz CT molecular complexity index is 1950. The maximum atomic E-state index is 12.3. The molecule has 21 nitrogen and oxygen atoms in total. The quantitative estimate of drug-likeness (QED) is 0.0431. The highest BCUT2D eigenvalue weighted by Gasteiger charge is 2.18. The van der Waals surface area contributed by atoms with E-state index in [1.54, 1.807) is 21.6 Å². The maximum absolute atomic E-state index is 12.3. The van der Waals surface area contributed by atoms with E-state index in [9.17, 15) is 9.59 Å². The van der Waals surface area contributed by atoms with Gasteiger partial charge in [0.2, 0.25) is 11.8 Å². The molecule has 7 N–H and O–H groups in total. The van der Waals surface area contributed by atoms with Gasteiger partial charge in [0, 0.05) is 38.0 Å². The zero-order chi connectivity index (χ0) is 39.4. The Balaban J connectivity index is 0.812. The van der Waals surface area contributed by atoms with Gasteiger partial charge in [-0.2, -0.15) is 10.1 Å². The van der Waals surface area contributed by atoms with Crippen LogP contribution in [-0.4, -0.2) is 136 Å². The van der Waals surface area contributed by atoms with Gasteiger partial charge < -0.3 is 55.3 Å². The van der Waals surface area contributed by atoms with E-state index in [0.717, 1.165) is 5.56 Å². The third-order valence-corrected chi connectivity index (χ3v) is 8.20. The minimum atomic E-state index is -0.219. The minimum absolute atomic E-state index is 0.0837. The van der Waals surface area contributed by atoms with Gasteiger partial charge in [0.25, 0.3) is 6.01 Å². The molecule has 0 atom stereocenters. The molecule has 0 spiro atoms. The highest BCUT2D eigenvalue weighted by Crippen LogP contribution is 2.32. The summed E-state index contributed by atoms with van der Waals surface area (Å²) >= 11 is 0. The number of nitrogens with one attached hydrogen (secondary N) is 2. The van der Waals surface area contributed by atoms with Gasteiger partial charge >= 0.3 is 0 Å². The number of benzene rings is 1. The molecule has 0 aliphatic heterocycles. The molecular weight excluding hydrogens is 732 g/mol. The number of amides is 2. The molecule has 56 heavy (non-hydrogen) atoms. The summed E-state index contributed by atoms with van der Waals surface area (Å²) in [6.45, 7) is 6.05. The highest BCUT2D eigenvalue weighted by molar-refractivity contribution is 5.99. The fourth-order valence-corrected chi connectivity index (χ4v) is 5.42. The van der Waals surface area contributed by atoms with Crippen molar-refractivity contribution in [3.05, 3.63) is 36.4 Å². The van der Waals surface area contributed by atoms with Crippen molar-refractivity contribution in [3.63, 3.8) is 0 Å². The lowest BCUT2D eigenvalue weighted by Gasteiger charge is -2.09. The number of carbonyl (C=O) groups excluding carboxylic acids is 2. The van der Waals surface area contributed by atoms with Gasteiger partial charge in [-0.1, -0.05) is 5.21 Å². The number of nitrogens with zero attached hydrogens (tertiary/aromatic N) is 8. The highest BCUT2D eigenvalue weighted by atomic mass is 16.6. The van der Waals surface area contributed by atoms with Gasteiger partial charge in [-0.15, -0.1) is 5.10 Å². The van der Waals surface area contributed by atoms with Crippen LogP contribution in [0.1, 0.15) is 31.4 Å². The Morgan fingerprint density at radius 3 is 2.14 bits per heavy atom. The van der Waals surface area contributed by atoms with Crippen molar-refractivity contribution in [1.82, 2.24) is 50.4 Å². The van der Waals surface area contributed by atoms with Gasteiger partial charge in [-0.05, 0) is 31.0 Å². The number of anilines is 2. The Kier molecular flexibility index (Phi) is 17.1. The number of carbonyl (C=O) groups is 2. The summed E-state index contributed by atoms with van der Waals surface area (Å²) in [6.07, 6.45) is 4.67. The van der Waals surface area contributed by atoms with Crippen LogP contribution in [0.15, 0.2) is 35.1 Å². The van der Waals surface area contributed by atoms with Crippen LogP contribution in [0.25, 0.3) is 33.4 Å². The van der Waals surface area contributed by atoms with Gasteiger partial charge in [-0.3, -0.25) is 9.59 Å². The Labute approximate surface area is 322 Å². The molecule has 0 bridgehead atoms. The van der Waals surface area contributed by atoms with Crippen molar-refractivity contribution < 1.29 is 42.8 Å². The molecule has 2 amide bonds. The second-order valence-electron chi connectivity index (χ2n) is 12.4. The summed E-state index contributed by atoms with van der Waals surface area (Å²) in [5, 5.41) is 27.7. The molecule has 304 valence electrons. The lowest BCUT2D eigenvalue weighted by Crippen LogP contribution is -2.30. The van der Waals surface area contributed by atoms with E-state index in [-0.39, 0.29) is 37.3 Å². The van der Waals surface area contributed by atoms with Crippen molar-refractivity contribution in [2.75, 3.05) is 90.6 Å². The predicted octanol–water partition coefficient (Wildman–Crippen LogP) is 0.459. The second-order valence-corrected chi connectivity index (χ2v) is 12.4. The first kappa shape index (κ1) is 41.8. The number of nitrogen functional groups attached to an aromatic ring is 2. The lowest BCUT2D eigenvalue weighted by atomic mass is 10.1. The molecule has 5 rings (SSSR count). The van der Waals surface area contributed by atoms with E-state index in [4.69, 9.17) is 49.8 Å². The molecule has 1 aromatic carbocycles. The summed E-state index contributed by atoms with van der Waals surface area (Å²) in [7, 11) is 0. The number of hydrogen-bond acceptors (Lipinski definition) is 17. The average molecular weight is 783 g/mol. The van der Waals surface area contributed by atoms with Crippen molar-refractivity contribution in [2.24, 2.45) is 0 Å². The molecule has 0 unspecified atom stereocenters. The summed E-state index contributed by atoms with van der Waals surface area (Å²) < 4.78 is 36.1. The number of ether oxygens (including phenoxy) is 5. The molecule has 5 aromatic rings. The number of hydrogen-bond donors (Lipinski definition) is 5. The molecule has 4 aromatic heterocycles. The van der Waals surface area contributed by atoms with Crippen LogP contribution in [0.5, 0.6) is 0 Å². The summed E-state index contributed by atoms with van der Waals surface area (Å²) in [6, 6.07) is 5.55. The smallest absolute Gasteiger partial charge is 0.292 e. The zero-order valence-corrected chi connectivity index (χ0v) is 31.3. The average Bonchev–Trinajstić information content (AvgIpc) is 3.93. The molecule has 0 fully saturated rings. The lowest BCUT2D eigenvalue weighted by molar-refractivity contribution is -0.126. The van der Waals surface area contributed by atoms with Gasteiger partial charge in [-0.25, -0.2) is 19.3 Å². The molecule has 0 saturated heterocycles. The molecule has 4 heterocycles. The first-order valence-corrected chi connectivity index (χ1v) is 18.5. The van der Waals surface area contributed by atoms with Crippen LogP contribution >= 0.6 is 0 Å². The van der Waals surface area contributed by atoms with Crippen LogP contribution in [0, 0.1) is 0 Å². The van der Waals surface area contributed by atoms with Crippen LogP contribution < -0.4 is 22.1 Å².